The Kier molecular flexibility index (Phi) is 5.69. The van der Waals surface area contributed by atoms with Crippen LogP contribution in [0.1, 0.15) is 49.7 Å². The van der Waals surface area contributed by atoms with Gasteiger partial charge in [-0.1, -0.05) is 60.7 Å². The number of nitrogens with one attached hydrogen (secondary N) is 1. The Bertz CT molecular complexity index is 868. The Labute approximate surface area is 179 Å². The maximum Gasteiger partial charge on any atom is 0.193 e. The van der Waals surface area contributed by atoms with Gasteiger partial charge in [0.1, 0.15) is 0 Å². The van der Waals surface area contributed by atoms with Crippen LogP contribution in [0.5, 0.6) is 0 Å². The van der Waals surface area contributed by atoms with Crippen molar-refractivity contribution in [3.63, 3.8) is 0 Å². The Morgan fingerprint density at radius 3 is 2.10 bits per heavy atom. The molecule has 4 saturated carbocycles. The molecule has 0 aliphatic heterocycles. The van der Waals surface area contributed by atoms with Crippen LogP contribution in [0.3, 0.4) is 0 Å². The second-order valence-electron chi connectivity index (χ2n) is 9.10. The number of aliphatic imine (C=N–C) groups is 1. The molecule has 3 N–H and O–H groups in total. The van der Waals surface area contributed by atoms with Gasteiger partial charge in [-0.25, -0.2) is 4.99 Å². The average Bonchev–Trinajstić information content (AvgIpc) is 2.66. The van der Waals surface area contributed by atoms with E-state index in [0.717, 1.165) is 29.0 Å². The second-order valence-corrected chi connectivity index (χ2v) is 9.10. The number of benzene rings is 2. The summed E-state index contributed by atoms with van der Waals surface area (Å²) < 4.78 is 0. The van der Waals surface area contributed by atoms with E-state index in [-0.39, 0.29) is 17.9 Å². The molecule has 0 saturated heterocycles. The summed E-state index contributed by atoms with van der Waals surface area (Å²) in [4.78, 5) is 5.08. The summed E-state index contributed by atoms with van der Waals surface area (Å²) in [6.07, 6.45) is 12.2. The van der Waals surface area contributed by atoms with E-state index in [2.05, 4.69) is 59.9 Å². The van der Waals surface area contributed by atoms with E-state index in [4.69, 9.17) is 10.7 Å². The lowest BCUT2D eigenvalue weighted by atomic mass is 9.53. The monoisotopic (exact) mass is 407 g/mol. The first kappa shape index (κ1) is 20.0. The fraction of sp³-hybridized carbons (Fsp3) is 0.400. The van der Waals surface area contributed by atoms with Crippen molar-refractivity contribution < 1.29 is 0 Å². The predicted octanol–water partition coefficient (Wildman–Crippen LogP) is 5.97. The molecule has 4 bridgehead atoms. The molecule has 152 valence electrons. The highest BCUT2D eigenvalue weighted by Crippen LogP contribution is 2.57. The molecule has 0 spiro atoms. The van der Waals surface area contributed by atoms with E-state index in [0.29, 0.717) is 5.96 Å². The van der Waals surface area contributed by atoms with Gasteiger partial charge in [0.05, 0.1) is 5.54 Å². The van der Waals surface area contributed by atoms with Crippen LogP contribution >= 0.6 is 12.4 Å². The SMILES string of the molecule is Cl.NC(=NC12CC3CC(CC(C3)C1)C2)Nc1ccccc1/C=C/c1ccccc1. The quantitative estimate of drug-likeness (QED) is 0.372. The van der Waals surface area contributed by atoms with E-state index in [1.54, 1.807) is 0 Å². The van der Waals surface area contributed by atoms with Crippen molar-refractivity contribution in [2.24, 2.45) is 28.5 Å². The van der Waals surface area contributed by atoms with Crippen LogP contribution in [0.4, 0.5) is 5.69 Å². The molecule has 0 radical (unpaired) electrons. The zero-order valence-electron chi connectivity index (χ0n) is 16.8. The summed E-state index contributed by atoms with van der Waals surface area (Å²) >= 11 is 0. The summed E-state index contributed by atoms with van der Waals surface area (Å²) in [6.45, 7) is 0. The summed E-state index contributed by atoms with van der Waals surface area (Å²) in [7, 11) is 0. The zero-order chi connectivity index (χ0) is 19.0. The van der Waals surface area contributed by atoms with Crippen molar-refractivity contribution in [2.75, 3.05) is 5.32 Å². The van der Waals surface area contributed by atoms with Gasteiger partial charge in [-0.2, -0.15) is 0 Å². The molecule has 0 amide bonds. The van der Waals surface area contributed by atoms with Crippen molar-refractivity contribution in [3.05, 3.63) is 65.7 Å². The summed E-state index contributed by atoms with van der Waals surface area (Å²) in [5, 5.41) is 3.40. The fourth-order valence-electron chi connectivity index (χ4n) is 6.13. The maximum atomic E-state index is 6.42. The highest BCUT2D eigenvalue weighted by molar-refractivity contribution is 5.95. The average molecular weight is 408 g/mol. The lowest BCUT2D eigenvalue weighted by Crippen LogP contribution is -2.50. The lowest BCUT2D eigenvalue weighted by molar-refractivity contribution is 0.00163. The Morgan fingerprint density at radius 1 is 0.862 bits per heavy atom. The molecule has 4 heteroatoms. The Balaban J connectivity index is 0.00000205. The number of anilines is 1. The zero-order valence-corrected chi connectivity index (χ0v) is 17.6. The molecule has 6 rings (SSSR count). The minimum Gasteiger partial charge on any atom is -0.370 e. The van der Waals surface area contributed by atoms with Gasteiger partial charge in [-0.05, 0) is 73.5 Å². The van der Waals surface area contributed by atoms with E-state index >= 15 is 0 Å². The topological polar surface area (TPSA) is 50.4 Å². The molecule has 0 atom stereocenters. The van der Waals surface area contributed by atoms with Gasteiger partial charge in [-0.15, -0.1) is 12.4 Å². The van der Waals surface area contributed by atoms with E-state index in [1.165, 1.54) is 44.1 Å². The molecule has 4 aliphatic carbocycles. The fourth-order valence-corrected chi connectivity index (χ4v) is 6.13. The first-order valence-electron chi connectivity index (χ1n) is 10.6. The highest BCUT2D eigenvalue weighted by Gasteiger charge is 2.51. The largest absolute Gasteiger partial charge is 0.370 e. The molecule has 0 unspecified atom stereocenters. The van der Waals surface area contributed by atoms with E-state index in [1.807, 2.05) is 12.1 Å². The normalized spacial score (nSPS) is 30.3. The first-order valence-corrected chi connectivity index (χ1v) is 10.6. The van der Waals surface area contributed by atoms with Crippen molar-refractivity contribution in [1.82, 2.24) is 0 Å². The number of hydrogen-bond donors (Lipinski definition) is 2. The van der Waals surface area contributed by atoms with Crippen LogP contribution in [0.15, 0.2) is 59.6 Å². The van der Waals surface area contributed by atoms with Crippen LogP contribution < -0.4 is 11.1 Å². The number of guanidine groups is 1. The first-order chi connectivity index (χ1) is 13.7. The van der Waals surface area contributed by atoms with Gasteiger partial charge >= 0.3 is 0 Å². The third kappa shape index (κ3) is 4.35. The van der Waals surface area contributed by atoms with Crippen LogP contribution in [0, 0.1) is 17.8 Å². The second kappa shape index (κ2) is 8.23. The van der Waals surface area contributed by atoms with Crippen molar-refractivity contribution >= 4 is 36.2 Å². The van der Waals surface area contributed by atoms with E-state index < -0.39 is 0 Å². The molecule has 4 aliphatic rings. The molecule has 2 aromatic rings. The van der Waals surface area contributed by atoms with Crippen LogP contribution in [0.25, 0.3) is 12.2 Å². The summed E-state index contributed by atoms with van der Waals surface area (Å²) in [6, 6.07) is 18.6. The Hall–Kier alpha value is -2.26. The highest BCUT2D eigenvalue weighted by atomic mass is 35.5. The molecule has 0 heterocycles. The van der Waals surface area contributed by atoms with Gasteiger partial charge in [0.15, 0.2) is 5.96 Å². The van der Waals surface area contributed by atoms with Crippen LogP contribution in [-0.2, 0) is 0 Å². The number of para-hydroxylation sites is 1. The van der Waals surface area contributed by atoms with E-state index in [9.17, 15) is 0 Å². The molecule has 4 fully saturated rings. The summed E-state index contributed by atoms with van der Waals surface area (Å²) in [5.74, 6) is 3.21. The van der Waals surface area contributed by atoms with Crippen molar-refractivity contribution in [1.29, 1.82) is 0 Å². The molecule has 29 heavy (non-hydrogen) atoms. The minimum atomic E-state index is 0. The van der Waals surface area contributed by atoms with Crippen LogP contribution in [-0.4, -0.2) is 11.5 Å². The number of halogens is 1. The number of nitrogens with two attached hydrogens (primary N) is 1. The van der Waals surface area contributed by atoms with Gasteiger partial charge in [0, 0.05) is 5.69 Å². The van der Waals surface area contributed by atoms with Crippen LogP contribution in [0.2, 0.25) is 0 Å². The van der Waals surface area contributed by atoms with Gasteiger partial charge in [-0.3, -0.25) is 0 Å². The number of rotatable bonds is 4. The predicted molar refractivity (Wildman–Crippen MR) is 125 cm³/mol. The third-order valence-electron chi connectivity index (χ3n) is 6.84. The molecule has 2 aromatic carbocycles. The van der Waals surface area contributed by atoms with Crippen molar-refractivity contribution in [2.45, 2.75) is 44.1 Å². The standard InChI is InChI=1S/C25H29N3.ClH/c26-24(28-25-15-19-12-20(16-25)14-21(13-19)17-25)27-23-9-5-4-8-22(23)11-10-18-6-2-1-3-7-18;/h1-11,19-21H,12-17H2,(H3,26,27,28);1H/b11-10+;. The number of hydrogen-bond acceptors (Lipinski definition) is 1. The Morgan fingerprint density at radius 2 is 1.45 bits per heavy atom. The van der Waals surface area contributed by atoms with Crippen molar-refractivity contribution in [3.8, 4) is 0 Å². The molecular formula is C25H30ClN3. The maximum absolute atomic E-state index is 6.42. The lowest BCUT2D eigenvalue weighted by Gasteiger charge is -2.54. The minimum absolute atomic E-state index is 0. The van der Waals surface area contributed by atoms with Gasteiger partial charge in [0.2, 0.25) is 0 Å². The smallest absolute Gasteiger partial charge is 0.193 e. The molecule has 3 nitrogen and oxygen atoms in total. The van der Waals surface area contributed by atoms with Gasteiger partial charge in [0.25, 0.3) is 0 Å². The van der Waals surface area contributed by atoms with Gasteiger partial charge < -0.3 is 11.1 Å². The molecule has 0 aromatic heterocycles. The third-order valence-corrected chi connectivity index (χ3v) is 6.84. The summed E-state index contributed by atoms with van der Waals surface area (Å²) in [5.41, 5.74) is 9.84. The number of nitrogens with zero attached hydrogens (tertiary/aromatic N) is 1. The molecular weight excluding hydrogens is 378 g/mol.